The van der Waals surface area contributed by atoms with E-state index in [1.165, 1.54) is 87.9 Å². The monoisotopic (exact) mass is 1630 g/mol. The minimum atomic E-state index is -0.330. The average Bonchev–Trinajstić information content (AvgIpc) is 0.915. The summed E-state index contributed by atoms with van der Waals surface area (Å²) in [6, 6.07) is 136. The summed E-state index contributed by atoms with van der Waals surface area (Å²) in [6.45, 7) is 42.3. The molecule has 0 atom stereocenters. The lowest BCUT2D eigenvalue weighted by Gasteiger charge is -2.46. The highest BCUT2D eigenvalue weighted by Crippen LogP contribution is 2.57. The molecule has 2 aliphatic rings. The highest BCUT2D eigenvalue weighted by molar-refractivity contribution is 7.00. The summed E-state index contributed by atoms with van der Waals surface area (Å²) < 4.78 is 5.13. The molecule has 620 valence electrons. The number of para-hydroxylation sites is 3. The second kappa shape index (κ2) is 30.2. The van der Waals surface area contributed by atoms with Crippen molar-refractivity contribution in [1.29, 1.82) is 0 Å². The Balaban J connectivity index is 0.979. The second-order valence-corrected chi connectivity index (χ2v) is 41.5. The molecular weight excluding hydrogens is 1520 g/mol. The predicted molar refractivity (Wildman–Crippen MR) is 543 cm³/mol. The SMILES string of the molecule is CC(C)(C)c1cc(-c2cc3c4c(c2)N(c2c(-c5ccccc5)cc(C(C)(C)C)cc2-c2ccccc2)c2cc(-n5c6ccc(C(C)(C)C)cc6c6cc(C(C)(C)C)ccc65)ccc2B4c2ccc(-n4c5ccccc5c5cc(N(c6ccccc6)c6ccccc6)ccc54)cc2N3c2c(-c3ccccc3)cc(C(C)(C)C)cc2-c2ccccc2)cc(C(C)(C)C)c1. The quantitative estimate of drug-likeness (QED) is 0.114. The smallest absolute Gasteiger partial charge is 0.252 e. The molecule has 0 aliphatic carbocycles. The summed E-state index contributed by atoms with van der Waals surface area (Å²) >= 11 is 0. The van der Waals surface area contributed by atoms with Gasteiger partial charge in [0.1, 0.15) is 0 Å². The number of anilines is 9. The molecule has 0 bridgehead atoms. The molecule has 0 radical (unpaired) electrons. The molecule has 16 aromatic carbocycles. The van der Waals surface area contributed by atoms with E-state index in [0.717, 1.165) is 124 Å². The van der Waals surface area contributed by atoms with Gasteiger partial charge in [-0.1, -0.05) is 343 Å². The summed E-state index contributed by atoms with van der Waals surface area (Å²) in [5.41, 5.74) is 38.4. The van der Waals surface area contributed by atoms with Crippen molar-refractivity contribution in [2.75, 3.05) is 14.7 Å². The van der Waals surface area contributed by atoms with Crippen molar-refractivity contribution in [2.24, 2.45) is 0 Å². The molecule has 4 heterocycles. The average molecular weight is 1640 g/mol. The van der Waals surface area contributed by atoms with Gasteiger partial charge < -0.3 is 23.8 Å². The van der Waals surface area contributed by atoms with Gasteiger partial charge in [-0.15, -0.1) is 0 Å². The maximum atomic E-state index is 2.77. The molecule has 2 aromatic heterocycles. The molecule has 0 fully saturated rings. The fourth-order valence-corrected chi connectivity index (χ4v) is 19.7. The van der Waals surface area contributed by atoms with E-state index in [4.69, 9.17) is 0 Å². The molecule has 2 aliphatic heterocycles. The highest BCUT2D eigenvalue weighted by Gasteiger charge is 2.47. The lowest BCUT2D eigenvalue weighted by Crippen LogP contribution is -2.61. The molecule has 5 nitrogen and oxygen atoms in total. The van der Waals surface area contributed by atoms with Gasteiger partial charge in [0, 0.05) is 95.0 Å². The molecular formula is C120H112BN5. The molecule has 0 amide bonds. The second-order valence-electron chi connectivity index (χ2n) is 41.5. The lowest BCUT2D eigenvalue weighted by atomic mass is 9.33. The van der Waals surface area contributed by atoms with Crippen molar-refractivity contribution < 1.29 is 0 Å². The minimum Gasteiger partial charge on any atom is -0.310 e. The first-order valence-corrected chi connectivity index (χ1v) is 45.1. The van der Waals surface area contributed by atoms with E-state index < -0.39 is 0 Å². The van der Waals surface area contributed by atoms with Crippen LogP contribution < -0.4 is 31.1 Å². The Morgan fingerprint density at radius 3 is 0.889 bits per heavy atom. The number of nitrogens with zero attached hydrogens (tertiary/aromatic N) is 5. The Morgan fingerprint density at radius 2 is 0.524 bits per heavy atom. The first-order valence-electron chi connectivity index (χ1n) is 45.1. The molecule has 0 spiro atoms. The van der Waals surface area contributed by atoms with E-state index in [1.807, 2.05) is 0 Å². The van der Waals surface area contributed by atoms with E-state index in [1.54, 1.807) is 0 Å². The van der Waals surface area contributed by atoms with Crippen LogP contribution in [0.2, 0.25) is 0 Å². The third-order valence-corrected chi connectivity index (χ3v) is 26.7. The number of hydrogen-bond donors (Lipinski definition) is 0. The summed E-state index contributed by atoms with van der Waals surface area (Å²) in [5.74, 6) is 0. The van der Waals surface area contributed by atoms with Crippen molar-refractivity contribution in [2.45, 2.75) is 157 Å². The third kappa shape index (κ3) is 14.1. The molecule has 0 saturated carbocycles. The van der Waals surface area contributed by atoms with E-state index in [0.29, 0.717) is 0 Å². The first-order chi connectivity index (χ1) is 60.3. The van der Waals surface area contributed by atoms with Crippen LogP contribution >= 0.6 is 0 Å². The van der Waals surface area contributed by atoms with Gasteiger partial charge in [-0.3, -0.25) is 0 Å². The number of rotatable bonds is 12. The first kappa shape index (κ1) is 81.0. The van der Waals surface area contributed by atoms with Crippen LogP contribution in [0, 0.1) is 0 Å². The predicted octanol–water partition coefficient (Wildman–Crippen LogP) is 31.6. The third-order valence-electron chi connectivity index (χ3n) is 26.7. The van der Waals surface area contributed by atoms with Gasteiger partial charge in [0.05, 0.1) is 33.4 Å². The molecule has 0 saturated heterocycles. The van der Waals surface area contributed by atoms with Crippen LogP contribution in [0.3, 0.4) is 0 Å². The maximum Gasteiger partial charge on any atom is 0.252 e. The van der Waals surface area contributed by atoms with Crippen molar-refractivity contribution in [1.82, 2.24) is 9.13 Å². The van der Waals surface area contributed by atoms with Crippen LogP contribution in [0.4, 0.5) is 51.2 Å². The van der Waals surface area contributed by atoms with Gasteiger partial charge in [-0.2, -0.15) is 0 Å². The zero-order chi connectivity index (χ0) is 87.4. The lowest BCUT2D eigenvalue weighted by molar-refractivity contribution is 0.569. The van der Waals surface area contributed by atoms with E-state index in [2.05, 4.69) is 500 Å². The zero-order valence-electron chi connectivity index (χ0n) is 76.3. The molecule has 20 rings (SSSR count). The van der Waals surface area contributed by atoms with E-state index in [-0.39, 0.29) is 39.2 Å². The van der Waals surface area contributed by atoms with Crippen LogP contribution in [-0.2, 0) is 32.5 Å². The largest absolute Gasteiger partial charge is 0.310 e. The van der Waals surface area contributed by atoms with E-state index >= 15 is 0 Å². The molecule has 0 N–H and O–H groups in total. The van der Waals surface area contributed by atoms with Crippen molar-refractivity contribution in [3.8, 4) is 67.0 Å². The Kier molecular flexibility index (Phi) is 19.4. The maximum absolute atomic E-state index is 2.77. The summed E-state index contributed by atoms with van der Waals surface area (Å²) in [6.07, 6.45) is 0. The van der Waals surface area contributed by atoms with Crippen LogP contribution in [0.1, 0.15) is 158 Å². The zero-order valence-corrected chi connectivity index (χ0v) is 76.3. The van der Waals surface area contributed by atoms with Gasteiger partial charge in [-0.05, 0) is 249 Å². The molecule has 0 unspecified atom stereocenters. The Hall–Kier alpha value is -13.4. The number of benzene rings is 16. The van der Waals surface area contributed by atoms with E-state index in [9.17, 15) is 0 Å². The van der Waals surface area contributed by atoms with Crippen molar-refractivity contribution in [3.63, 3.8) is 0 Å². The van der Waals surface area contributed by atoms with Gasteiger partial charge in [0.15, 0.2) is 0 Å². The number of fused-ring (bicyclic) bond motifs is 10. The topological polar surface area (TPSA) is 19.6 Å². The fourth-order valence-electron chi connectivity index (χ4n) is 19.7. The van der Waals surface area contributed by atoms with Gasteiger partial charge in [0.25, 0.3) is 6.71 Å². The Morgan fingerprint density at radius 1 is 0.214 bits per heavy atom. The summed E-state index contributed by atoms with van der Waals surface area (Å²) in [7, 11) is 0. The van der Waals surface area contributed by atoms with Gasteiger partial charge in [-0.25, -0.2) is 0 Å². The van der Waals surface area contributed by atoms with Crippen molar-refractivity contribution in [3.05, 3.63) is 385 Å². The molecule has 126 heavy (non-hydrogen) atoms. The summed E-state index contributed by atoms with van der Waals surface area (Å²) in [4.78, 5) is 7.93. The van der Waals surface area contributed by atoms with Crippen molar-refractivity contribution >= 4 is 118 Å². The number of aromatic nitrogens is 2. The highest BCUT2D eigenvalue weighted by atomic mass is 15.2. The normalized spacial score (nSPS) is 13.1. The standard InChI is InChI=1S/C120H112BN5/c1-115(2,3)83-53-60-105-99(68-83)100-69-84(116(4,5)6)54-61-106(100)124(105)93-56-59-103-109(76-93)126(114-97(79-43-29-21-30-44-79)72-88(120(16,17)18)73-98(114)80-45-31-22-32-46-80)111-66-82(81-63-85(117(7,8)9)67-86(64-81)118(10,11)12)65-110-112(111)121(103)102-58-55-92(75-108(102)125(110)113-95(77-39-25-19-26-40-77)70-87(119(13,14)15)71-96(113)78-41-27-20-28-42-78)123-104-52-38-37-51-94(104)101-74-91(57-62-107(101)123)122(89-47-33-23-34-48-89)90-49-35-24-36-50-90/h19-76H,1-18H3. The van der Waals surface area contributed by atoms with Gasteiger partial charge in [0.2, 0.25) is 0 Å². The van der Waals surface area contributed by atoms with Gasteiger partial charge >= 0.3 is 0 Å². The van der Waals surface area contributed by atoms with Crippen LogP contribution in [0.5, 0.6) is 0 Å². The van der Waals surface area contributed by atoms with Crippen LogP contribution in [0.25, 0.3) is 111 Å². The Bertz CT molecular complexity index is 7010. The van der Waals surface area contributed by atoms with Crippen LogP contribution in [0.15, 0.2) is 352 Å². The fraction of sp³-hybridized carbons (Fsp3) is 0.200. The molecule has 18 aromatic rings. The number of hydrogen-bond acceptors (Lipinski definition) is 3. The molecule has 6 heteroatoms. The minimum absolute atomic E-state index is 0.0876. The van der Waals surface area contributed by atoms with Crippen LogP contribution in [-0.4, -0.2) is 15.8 Å². The Labute approximate surface area is 746 Å². The summed E-state index contributed by atoms with van der Waals surface area (Å²) in [5, 5.41) is 4.85.